The van der Waals surface area contributed by atoms with Crippen molar-refractivity contribution in [2.45, 2.75) is 19.9 Å². The molecular weight excluding hydrogens is 390 g/mol. The van der Waals surface area contributed by atoms with Gasteiger partial charge in [-0.3, -0.25) is 14.5 Å². The van der Waals surface area contributed by atoms with Gasteiger partial charge in [-0.05, 0) is 61.7 Å². The van der Waals surface area contributed by atoms with Crippen molar-refractivity contribution in [3.05, 3.63) is 81.6 Å². The Hall–Kier alpha value is -3.32. The second-order valence-corrected chi connectivity index (χ2v) is 7.47. The molecule has 3 heterocycles. The molecule has 1 amide bonds. The fourth-order valence-corrected chi connectivity index (χ4v) is 4.06. The van der Waals surface area contributed by atoms with E-state index in [1.165, 1.54) is 16.2 Å². The lowest BCUT2D eigenvalue weighted by molar-refractivity contribution is -0.117. The molecule has 6 nitrogen and oxygen atoms in total. The summed E-state index contributed by atoms with van der Waals surface area (Å²) < 4.78 is 11.2. The number of amides is 1. The molecule has 1 atom stereocenters. The van der Waals surface area contributed by atoms with Crippen LogP contribution in [-0.4, -0.2) is 23.4 Å². The van der Waals surface area contributed by atoms with Crippen molar-refractivity contribution in [1.29, 1.82) is 0 Å². The predicted octanol–water partition coefficient (Wildman–Crippen LogP) is 4.83. The number of aliphatic hydroxyl groups excluding tert-OH is 1. The number of thiophene rings is 1. The number of benzene rings is 1. The van der Waals surface area contributed by atoms with E-state index in [2.05, 4.69) is 0 Å². The van der Waals surface area contributed by atoms with Crippen LogP contribution < -0.4 is 9.64 Å². The van der Waals surface area contributed by atoms with Crippen LogP contribution in [0.3, 0.4) is 0 Å². The second kappa shape index (κ2) is 7.60. The summed E-state index contributed by atoms with van der Waals surface area (Å²) in [6.07, 6.45) is 0. The van der Waals surface area contributed by atoms with E-state index in [0.29, 0.717) is 34.4 Å². The number of nitrogens with zero attached hydrogens (tertiary/aromatic N) is 1. The zero-order valence-corrected chi connectivity index (χ0v) is 16.7. The molecule has 29 heavy (non-hydrogen) atoms. The molecular formula is C22H19NO5S. The van der Waals surface area contributed by atoms with Gasteiger partial charge in [-0.2, -0.15) is 0 Å². The molecule has 0 fully saturated rings. The first-order chi connectivity index (χ1) is 14.0. The van der Waals surface area contributed by atoms with E-state index >= 15 is 0 Å². The third-order valence-electron chi connectivity index (χ3n) is 4.65. The van der Waals surface area contributed by atoms with Gasteiger partial charge in [0.05, 0.1) is 17.1 Å². The van der Waals surface area contributed by atoms with Crippen molar-refractivity contribution in [3.63, 3.8) is 0 Å². The molecule has 2 aromatic heterocycles. The molecule has 7 heteroatoms. The highest BCUT2D eigenvalue weighted by atomic mass is 32.1. The van der Waals surface area contributed by atoms with E-state index in [9.17, 15) is 14.7 Å². The first kappa shape index (κ1) is 19.0. The Kier molecular flexibility index (Phi) is 4.98. The van der Waals surface area contributed by atoms with E-state index in [4.69, 9.17) is 9.15 Å². The maximum absolute atomic E-state index is 13.1. The number of ether oxygens (including phenoxy) is 1. The molecule has 0 saturated carbocycles. The van der Waals surface area contributed by atoms with E-state index < -0.39 is 23.5 Å². The third-order valence-corrected chi connectivity index (χ3v) is 5.52. The SMILES string of the molecule is CCOc1ccc(N2C(=O)C(O)=C(C(=O)c3cccs3)C2c2ccc(C)o2)cc1. The highest BCUT2D eigenvalue weighted by molar-refractivity contribution is 7.12. The number of carbonyl (C=O) groups is 2. The molecule has 1 N–H and O–H groups in total. The Balaban J connectivity index is 1.81. The maximum Gasteiger partial charge on any atom is 0.294 e. The average Bonchev–Trinajstić information content (AvgIpc) is 3.44. The summed E-state index contributed by atoms with van der Waals surface area (Å²) in [6, 6.07) is 13.0. The lowest BCUT2D eigenvalue weighted by Crippen LogP contribution is -2.30. The van der Waals surface area contributed by atoms with Gasteiger partial charge in [0.25, 0.3) is 5.91 Å². The summed E-state index contributed by atoms with van der Waals surface area (Å²) in [5.41, 5.74) is 0.540. The molecule has 0 bridgehead atoms. The molecule has 148 valence electrons. The molecule has 1 aliphatic rings. The zero-order valence-electron chi connectivity index (χ0n) is 15.9. The van der Waals surface area contributed by atoms with Gasteiger partial charge in [-0.15, -0.1) is 11.3 Å². The van der Waals surface area contributed by atoms with E-state index in [1.807, 2.05) is 6.92 Å². The Morgan fingerprint density at radius 3 is 2.55 bits per heavy atom. The van der Waals surface area contributed by atoms with Crippen LogP contribution in [0.15, 0.2) is 69.7 Å². The van der Waals surface area contributed by atoms with Crippen molar-refractivity contribution >= 4 is 28.7 Å². The number of anilines is 1. The minimum atomic E-state index is -0.858. The molecule has 0 saturated heterocycles. The molecule has 1 unspecified atom stereocenters. The van der Waals surface area contributed by atoms with Gasteiger partial charge in [0.2, 0.25) is 5.78 Å². The van der Waals surface area contributed by atoms with Gasteiger partial charge < -0.3 is 14.3 Å². The molecule has 0 aliphatic carbocycles. The minimum Gasteiger partial charge on any atom is -0.503 e. The summed E-state index contributed by atoms with van der Waals surface area (Å²) in [4.78, 5) is 27.9. The topological polar surface area (TPSA) is 80.0 Å². The second-order valence-electron chi connectivity index (χ2n) is 6.52. The van der Waals surface area contributed by atoms with Crippen LogP contribution in [0.1, 0.15) is 34.2 Å². The normalized spacial score (nSPS) is 16.6. The average molecular weight is 409 g/mol. The summed E-state index contributed by atoms with van der Waals surface area (Å²) in [5, 5.41) is 12.4. The minimum absolute atomic E-state index is 0.0145. The van der Waals surface area contributed by atoms with Crippen LogP contribution in [0.5, 0.6) is 5.75 Å². The van der Waals surface area contributed by atoms with Gasteiger partial charge in [0.1, 0.15) is 23.3 Å². The molecule has 0 radical (unpaired) electrons. The molecule has 1 aromatic carbocycles. The predicted molar refractivity (Wildman–Crippen MR) is 110 cm³/mol. The quantitative estimate of drug-likeness (QED) is 0.590. The smallest absolute Gasteiger partial charge is 0.294 e. The van der Waals surface area contributed by atoms with E-state index in [0.717, 1.165) is 0 Å². The third kappa shape index (κ3) is 3.34. The Labute approximate surface area is 171 Å². The number of hydrogen-bond acceptors (Lipinski definition) is 6. The highest BCUT2D eigenvalue weighted by Gasteiger charge is 2.46. The largest absolute Gasteiger partial charge is 0.503 e. The van der Waals surface area contributed by atoms with Crippen LogP contribution in [0.2, 0.25) is 0 Å². The van der Waals surface area contributed by atoms with Crippen molar-refractivity contribution in [3.8, 4) is 5.75 Å². The van der Waals surface area contributed by atoms with Gasteiger partial charge in [-0.25, -0.2) is 0 Å². The Morgan fingerprint density at radius 2 is 1.97 bits per heavy atom. The number of furan rings is 1. The van der Waals surface area contributed by atoms with Crippen LogP contribution >= 0.6 is 11.3 Å². The maximum atomic E-state index is 13.1. The van der Waals surface area contributed by atoms with Crippen molar-refractivity contribution in [1.82, 2.24) is 0 Å². The number of rotatable bonds is 6. The molecule has 3 aromatic rings. The number of carbonyl (C=O) groups excluding carboxylic acids is 2. The lowest BCUT2D eigenvalue weighted by atomic mass is 10.00. The molecule has 1 aliphatic heterocycles. The van der Waals surface area contributed by atoms with Gasteiger partial charge in [-0.1, -0.05) is 6.07 Å². The number of aliphatic hydroxyl groups is 1. The summed E-state index contributed by atoms with van der Waals surface area (Å²) in [5.74, 6) is 0.130. The van der Waals surface area contributed by atoms with Gasteiger partial charge in [0.15, 0.2) is 5.76 Å². The summed E-state index contributed by atoms with van der Waals surface area (Å²) >= 11 is 1.26. The van der Waals surface area contributed by atoms with Crippen LogP contribution in [0, 0.1) is 6.92 Å². The van der Waals surface area contributed by atoms with Crippen molar-refractivity contribution < 1.29 is 23.8 Å². The first-order valence-corrected chi connectivity index (χ1v) is 10.0. The summed E-state index contributed by atoms with van der Waals surface area (Å²) in [7, 11) is 0. The molecule has 0 spiro atoms. The molecule has 4 rings (SSSR count). The number of aryl methyl sites for hydroxylation is 1. The Bertz CT molecular complexity index is 1080. The van der Waals surface area contributed by atoms with Crippen molar-refractivity contribution in [2.75, 3.05) is 11.5 Å². The monoisotopic (exact) mass is 409 g/mol. The van der Waals surface area contributed by atoms with Crippen LogP contribution in [-0.2, 0) is 4.79 Å². The highest BCUT2D eigenvalue weighted by Crippen LogP contribution is 2.43. The van der Waals surface area contributed by atoms with Gasteiger partial charge in [0, 0.05) is 5.69 Å². The number of hydrogen-bond donors (Lipinski definition) is 1. The standard InChI is InChI=1S/C22H19NO5S/c1-3-27-15-9-7-14(8-10-15)23-19(16-11-6-13(2)28-16)18(21(25)22(23)26)20(24)17-5-4-12-29-17/h4-12,19,25H,3H2,1-2H3. The summed E-state index contributed by atoms with van der Waals surface area (Å²) in [6.45, 7) is 4.20. The first-order valence-electron chi connectivity index (χ1n) is 9.15. The van der Waals surface area contributed by atoms with E-state index in [-0.39, 0.29) is 5.57 Å². The van der Waals surface area contributed by atoms with Crippen molar-refractivity contribution in [2.24, 2.45) is 0 Å². The van der Waals surface area contributed by atoms with Crippen LogP contribution in [0.25, 0.3) is 0 Å². The fourth-order valence-electron chi connectivity index (χ4n) is 3.38. The van der Waals surface area contributed by atoms with Gasteiger partial charge >= 0.3 is 0 Å². The van der Waals surface area contributed by atoms with Crippen LogP contribution in [0.4, 0.5) is 5.69 Å². The van der Waals surface area contributed by atoms with E-state index in [1.54, 1.807) is 60.8 Å². The number of ketones is 1. The lowest BCUT2D eigenvalue weighted by Gasteiger charge is -2.25. The fraction of sp³-hybridized carbons (Fsp3) is 0.182. The Morgan fingerprint density at radius 1 is 1.21 bits per heavy atom. The zero-order chi connectivity index (χ0) is 20.5. The number of Topliss-reactive ketones (excluding diaryl/α,β-unsaturated/α-hetero) is 1.